The van der Waals surface area contributed by atoms with Crippen molar-refractivity contribution in [2.75, 3.05) is 0 Å². The first-order valence-electron chi connectivity index (χ1n) is 5.28. The second-order valence-corrected chi connectivity index (χ2v) is 4.00. The highest BCUT2D eigenvalue weighted by Gasteiger charge is 2.36. The highest BCUT2D eigenvalue weighted by molar-refractivity contribution is 5.42. The number of nitrogens with zero attached hydrogens (tertiary/aromatic N) is 3. The zero-order valence-corrected chi connectivity index (χ0v) is 9.98. The van der Waals surface area contributed by atoms with E-state index in [0.717, 1.165) is 18.3 Å². The van der Waals surface area contributed by atoms with Crippen molar-refractivity contribution in [2.45, 2.75) is 13.1 Å². The second kappa shape index (κ2) is 4.58. The molecule has 1 aromatic carbocycles. The molecule has 0 spiro atoms. The lowest BCUT2D eigenvalue weighted by Gasteiger charge is -2.04. The second-order valence-electron chi connectivity index (χ2n) is 4.00. The van der Waals surface area contributed by atoms with E-state index in [9.17, 15) is 27.7 Å². The molecule has 0 saturated carbocycles. The Morgan fingerprint density at radius 1 is 1.35 bits per heavy atom. The number of alkyl halides is 3. The molecule has 0 bridgehead atoms. The van der Waals surface area contributed by atoms with Crippen molar-refractivity contribution in [2.24, 2.45) is 0 Å². The van der Waals surface area contributed by atoms with E-state index in [2.05, 4.69) is 5.10 Å². The minimum atomic E-state index is -4.65. The summed E-state index contributed by atoms with van der Waals surface area (Å²) < 4.78 is 52.2. The van der Waals surface area contributed by atoms with Gasteiger partial charge in [0, 0.05) is 12.3 Å². The number of hydrogen-bond acceptors (Lipinski definition) is 3. The molecule has 2 aromatic rings. The first-order valence-corrected chi connectivity index (χ1v) is 5.28. The molecule has 0 atom stereocenters. The van der Waals surface area contributed by atoms with Crippen LogP contribution >= 0.6 is 0 Å². The van der Waals surface area contributed by atoms with Gasteiger partial charge in [0.2, 0.25) is 0 Å². The van der Waals surface area contributed by atoms with Crippen molar-refractivity contribution in [1.82, 2.24) is 9.78 Å². The maximum atomic E-state index is 13.7. The smallest absolute Gasteiger partial charge is 0.258 e. The molecular weight excluding hydrogens is 282 g/mol. The highest BCUT2D eigenvalue weighted by atomic mass is 19.4. The van der Waals surface area contributed by atoms with Gasteiger partial charge in [-0.3, -0.25) is 10.1 Å². The Balaban J connectivity index is 2.50. The maximum absolute atomic E-state index is 13.7. The molecule has 0 N–H and O–H groups in total. The number of rotatable bonds is 2. The molecule has 1 aromatic heterocycles. The van der Waals surface area contributed by atoms with Crippen LogP contribution in [-0.2, 0) is 6.18 Å². The van der Waals surface area contributed by atoms with E-state index in [4.69, 9.17) is 0 Å². The van der Waals surface area contributed by atoms with Crippen LogP contribution in [0.5, 0.6) is 0 Å². The molecule has 2 rings (SSSR count). The molecule has 0 amide bonds. The number of aromatic nitrogens is 2. The molecular formula is C11H7F4N3O2. The van der Waals surface area contributed by atoms with Crippen molar-refractivity contribution in [3.63, 3.8) is 0 Å². The number of aryl methyl sites for hydroxylation is 1. The van der Waals surface area contributed by atoms with E-state index < -0.39 is 28.3 Å². The van der Waals surface area contributed by atoms with Crippen LogP contribution < -0.4 is 0 Å². The van der Waals surface area contributed by atoms with Crippen molar-refractivity contribution >= 4 is 5.69 Å². The molecule has 0 aliphatic rings. The fraction of sp³-hybridized carbons (Fsp3) is 0.182. The monoisotopic (exact) mass is 289 g/mol. The average Bonchev–Trinajstić information content (AvgIpc) is 2.70. The van der Waals surface area contributed by atoms with Crippen molar-refractivity contribution in [3.8, 4) is 5.69 Å². The normalized spacial score (nSPS) is 11.7. The summed E-state index contributed by atoms with van der Waals surface area (Å²) in [6.45, 7) is 1.19. The predicted octanol–water partition coefficient (Wildman–Crippen LogP) is 3.25. The maximum Gasteiger partial charge on any atom is 0.435 e. The molecule has 0 unspecified atom stereocenters. The minimum Gasteiger partial charge on any atom is -0.258 e. The van der Waals surface area contributed by atoms with Gasteiger partial charge in [0.25, 0.3) is 5.69 Å². The van der Waals surface area contributed by atoms with E-state index in [1.54, 1.807) is 0 Å². The largest absolute Gasteiger partial charge is 0.435 e. The molecule has 0 aliphatic heterocycles. The van der Waals surface area contributed by atoms with Gasteiger partial charge in [-0.25, -0.2) is 9.07 Å². The third-order valence-electron chi connectivity index (χ3n) is 2.55. The van der Waals surface area contributed by atoms with Crippen LogP contribution in [0.1, 0.15) is 11.3 Å². The van der Waals surface area contributed by atoms with Crippen LogP contribution in [0.25, 0.3) is 5.69 Å². The summed E-state index contributed by atoms with van der Waals surface area (Å²) in [4.78, 5) is 9.66. The molecule has 5 nitrogen and oxygen atoms in total. The molecule has 20 heavy (non-hydrogen) atoms. The number of nitro benzene ring substituents is 1. The van der Waals surface area contributed by atoms with Crippen LogP contribution in [0.4, 0.5) is 23.2 Å². The Bertz CT molecular complexity index is 679. The molecule has 0 radical (unpaired) electrons. The quantitative estimate of drug-likeness (QED) is 0.484. The first-order chi connectivity index (χ1) is 9.20. The van der Waals surface area contributed by atoms with Crippen LogP contribution in [-0.4, -0.2) is 14.7 Å². The SMILES string of the molecule is Cc1cn(-c2ccc([N+](=O)[O-])cc2F)nc1C(F)(F)F. The van der Waals surface area contributed by atoms with Gasteiger partial charge in [0.1, 0.15) is 5.69 Å². The van der Waals surface area contributed by atoms with Gasteiger partial charge in [-0.1, -0.05) is 0 Å². The number of non-ortho nitro benzene ring substituents is 1. The number of hydrogen-bond donors (Lipinski definition) is 0. The lowest BCUT2D eigenvalue weighted by molar-refractivity contribution is -0.385. The van der Waals surface area contributed by atoms with Gasteiger partial charge in [0.15, 0.2) is 11.5 Å². The van der Waals surface area contributed by atoms with Crippen molar-refractivity contribution in [1.29, 1.82) is 0 Å². The van der Waals surface area contributed by atoms with E-state index in [-0.39, 0.29) is 11.3 Å². The van der Waals surface area contributed by atoms with Crippen LogP contribution in [0.2, 0.25) is 0 Å². The fourth-order valence-electron chi connectivity index (χ4n) is 1.66. The van der Waals surface area contributed by atoms with Gasteiger partial charge < -0.3 is 0 Å². The molecule has 0 saturated heterocycles. The summed E-state index contributed by atoms with van der Waals surface area (Å²) in [6.07, 6.45) is -3.64. The molecule has 0 fully saturated rings. The summed E-state index contributed by atoms with van der Waals surface area (Å²) in [7, 11) is 0. The van der Waals surface area contributed by atoms with Gasteiger partial charge in [0.05, 0.1) is 11.0 Å². The topological polar surface area (TPSA) is 61.0 Å². The van der Waals surface area contributed by atoms with Crippen LogP contribution in [0.3, 0.4) is 0 Å². The van der Waals surface area contributed by atoms with E-state index in [0.29, 0.717) is 10.7 Å². The molecule has 9 heteroatoms. The zero-order valence-electron chi connectivity index (χ0n) is 9.98. The standard InChI is InChI=1S/C11H7F4N3O2/c1-6-5-17(16-10(6)11(13,14)15)9-3-2-7(18(19)20)4-8(9)12/h2-5H,1H3. The Labute approximate surface area is 109 Å². The lowest BCUT2D eigenvalue weighted by Crippen LogP contribution is -2.09. The van der Waals surface area contributed by atoms with Crippen molar-refractivity contribution in [3.05, 3.63) is 51.6 Å². The Kier molecular flexibility index (Phi) is 3.20. The van der Waals surface area contributed by atoms with Gasteiger partial charge in [-0.05, 0) is 18.6 Å². The lowest BCUT2D eigenvalue weighted by atomic mass is 10.2. The first kappa shape index (κ1) is 14.0. The summed E-state index contributed by atoms with van der Waals surface area (Å²) in [5.74, 6) is -1.03. The summed E-state index contributed by atoms with van der Waals surface area (Å²) in [5, 5.41) is 13.7. The van der Waals surface area contributed by atoms with E-state index >= 15 is 0 Å². The third kappa shape index (κ3) is 2.46. The predicted molar refractivity (Wildman–Crippen MR) is 59.9 cm³/mol. The highest BCUT2D eigenvalue weighted by Crippen LogP contribution is 2.31. The summed E-state index contributed by atoms with van der Waals surface area (Å²) >= 11 is 0. The molecule has 1 heterocycles. The van der Waals surface area contributed by atoms with E-state index in [1.807, 2.05) is 0 Å². The summed E-state index contributed by atoms with van der Waals surface area (Å²) in [5.41, 5.74) is -2.09. The van der Waals surface area contributed by atoms with Gasteiger partial charge >= 0.3 is 6.18 Å². The summed E-state index contributed by atoms with van der Waals surface area (Å²) in [6, 6.07) is 2.61. The van der Waals surface area contributed by atoms with Crippen LogP contribution in [0.15, 0.2) is 24.4 Å². The number of nitro groups is 1. The number of halogens is 4. The average molecular weight is 289 g/mol. The minimum absolute atomic E-state index is 0.171. The Hall–Kier alpha value is -2.45. The van der Waals surface area contributed by atoms with Crippen LogP contribution in [0, 0.1) is 22.9 Å². The number of benzene rings is 1. The molecule has 0 aliphatic carbocycles. The zero-order chi connectivity index (χ0) is 15.1. The third-order valence-corrected chi connectivity index (χ3v) is 2.55. The van der Waals surface area contributed by atoms with E-state index in [1.165, 1.54) is 6.92 Å². The fourth-order valence-corrected chi connectivity index (χ4v) is 1.66. The Morgan fingerprint density at radius 3 is 2.45 bits per heavy atom. The molecule has 106 valence electrons. The van der Waals surface area contributed by atoms with Gasteiger partial charge in [-0.15, -0.1) is 0 Å². The Morgan fingerprint density at radius 2 is 2.00 bits per heavy atom. The van der Waals surface area contributed by atoms with Gasteiger partial charge in [-0.2, -0.15) is 18.3 Å². The van der Waals surface area contributed by atoms with Crippen molar-refractivity contribution < 1.29 is 22.5 Å².